The van der Waals surface area contributed by atoms with Crippen LogP contribution in [-0.4, -0.2) is 46.1 Å². The Morgan fingerprint density at radius 1 is 1.08 bits per heavy atom. The minimum Gasteiger partial charge on any atom is -0.322 e. The van der Waals surface area contributed by atoms with Crippen LogP contribution in [0, 0.1) is 17.5 Å². The third kappa shape index (κ3) is 2.94. The number of carbonyl (C=O) groups excluding carboxylic acids is 4. The SMILES string of the molecule is CC(C)N1C(=O)C(=O)N(CC(=O)Nc2ccc(F)c(F)c2F)C1=O. The summed E-state index contributed by atoms with van der Waals surface area (Å²) in [5.41, 5.74) is -0.662. The molecule has 0 unspecified atom stereocenters. The van der Waals surface area contributed by atoms with Crippen molar-refractivity contribution in [2.24, 2.45) is 0 Å². The first kappa shape index (κ1) is 17.4. The Labute approximate surface area is 134 Å². The maximum atomic E-state index is 13.5. The number of halogens is 3. The number of benzene rings is 1. The molecule has 0 spiro atoms. The molecule has 1 aliphatic heterocycles. The Hall–Kier alpha value is -2.91. The molecule has 1 aromatic rings. The fraction of sp³-hybridized carbons (Fsp3) is 0.286. The normalized spacial score (nSPS) is 14.8. The molecule has 24 heavy (non-hydrogen) atoms. The number of hydrogen-bond acceptors (Lipinski definition) is 4. The van der Waals surface area contributed by atoms with Gasteiger partial charge in [0, 0.05) is 6.04 Å². The second-order valence-electron chi connectivity index (χ2n) is 5.21. The molecule has 1 heterocycles. The van der Waals surface area contributed by atoms with Crippen LogP contribution in [0.1, 0.15) is 13.8 Å². The highest BCUT2D eigenvalue weighted by Crippen LogP contribution is 2.20. The first-order valence-corrected chi connectivity index (χ1v) is 6.77. The largest absolute Gasteiger partial charge is 0.334 e. The Bertz CT molecular complexity index is 751. The molecule has 0 aliphatic carbocycles. The Morgan fingerprint density at radius 2 is 1.71 bits per heavy atom. The van der Waals surface area contributed by atoms with Crippen molar-refractivity contribution in [1.82, 2.24) is 9.80 Å². The van der Waals surface area contributed by atoms with Crippen LogP contribution in [0.25, 0.3) is 0 Å². The summed E-state index contributed by atoms with van der Waals surface area (Å²) < 4.78 is 39.4. The van der Waals surface area contributed by atoms with E-state index in [1.807, 2.05) is 5.32 Å². The van der Waals surface area contributed by atoms with Crippen molar-refractivity contribution in [2.45, 2.75) is 19.9 Å². The van der Waals surface area contributed by atoms with E-state index in [0.29, 0.717) is 15.9 Å². The number of nitrogens with zero attached hydrogens (tertiary/aromatic N) is 2. The molecule has 1 fully saturated rings. The molecule has 0 aromatic heterocycles. The Balaban J connectivity index is 2.13. The highest BCUT2D eigenvalue weighted by molar-refractivity contribution is 6.45. The summed E-state index contributed by atoms with van der Waals surface area (Å²) in [4.78, 5) is 48.3. The van der Waals surface area contributed by atoms with Gasteiger partial charge in [0.1, 0.15) is 6.54 Å². The van der Waals surface area contributed by atoms with Gasteiger partial charge >= 0.3 is 17.8 Å². The smallest absolute Gasteiger partial charge is 0.322 e. The van der Waals surface area contributed by atoms with Crippen LogP contribution in [0.2, 0.25) is 0 Å². The van der Waals surface area contributed by atoms with E-state index in [1.165, 1.54) is 13.8 Å². The fourth-order valence-electron chi connectivity index (χ4n) is 2.07. The van der Waals surface area contributed by atoms with Crippen molar-refractivity contribution in [1.29, 1.82) is 0 Å². The van der Waals surface area contributed by atoms with Crippen molar-refractivity contribution in [2.75, 3.05) is 11.9 Å². The molecule has 1 aromatic carbocycles. The number of urea groups is 1. The van der Waals surface area contributed by atoms with E-state index in [-0.39, 0.29) is 0 Å². The Kier molecular flexibility index (Phi) is 4.58. The summed E-state index contributed by atoms with van der Waals surface area (Å²) in [5.74, 6) is -8.17. The maximum Gasteiger partial charge on any atom is 0.334 e. The van der Waals surface area contributed by atoms with Crippen molar-refractivity contribution in [3.63, 3.8) is 0 Å². The fourth-order valence-corrected chi connectivity index (χ4v) is 2.07. The number of hydrogen-bond donors (Lipinski definition) is 1. The van der Waals surface area contributed by atoms with Crippen LogP contribution < -0.4 is 5.32 Å². The van der Waals surface area contributed by atoms with Gasteiger partial charge in [0.15, 0.2) is 17.5 Å². The summed E-state index contributed by atoms with van der Waals surface area (Å²) >= 11 is 0. The van der Waals surface area contributed by atoms with Crippen molar-refractivity contribution in [3.05, 3.63) is 29.6 Å². The maximum absolute atomic E-state index is 13.5. The number of imide groups is 2. The lowest BCUT2D eigenvalue weighted by atomic mass is 10.2. The average Bonchev–Trinajstić information content (AvgIpc) is 2.71. The number of carbonyl (C=O) groups is 4. The minimum atomic E-state index is -1.78. The second kappa shape index (κ2) is 6.30. The summed E-state index contributed by atoms with van der Waals surface area (Å²) in [7, 11) is 0. The van der Waals surface area contributed by atoms with E-state index in [2.05, 4.69) is 0 Å². The lowest BCUT2D eigenvalue weighted by Gasteiger charge is -2.18. The van der Waals surface area contributed by atoms with Crippen LogP contribution in [-0.2, 0) is 14.4 Å². The highest BCUT2D eigenvalue weighted by atomic mass is 19.2. The van der Waals surface area contributed by atoms with Gasteiger partial charge in [-0.3, -0.25) is 19.3 Å². The molecule has 7 nitrogen and oxygen atoms in total. The van der Waals surface area contributed by atoms with Crippen molar-refractivity contribution >= 4 is 29.4 Å². The first-order valence-electron chi connectivity index (χ1n) is 6.77. The lowest BCUT2D eigenvalue weighted by Crippen LogP contribution is -2.40. The zero-order valence-electron chi connectivity index (χ0n) is 12.6. The topological polar surface area (TPSA) is 86.8 Å². The van der Waals surface area contributed by atoms with Gasteiger partial charge < -0.3 is 5.32 Å². The summed E-state index contributed by atoms with van der Waals surface area (Å²) in [5, 5.41) is 1.91. The third-order valence-electron chi connectivity index (χ3n) is 3.21. The van der Waals surface area contributed by atoms with E-state index < -0.39 is 59.5 Å². The molecule has 5 amide bonds. The molecular weight excluding hydrogens is 331 g/mol. The number of rotatable bonds is 4. The van der Waals surface area contributed by atoms with Gasteiger partial charge in [-0.05, 0) is 26.0 Å². The predicted octanol–water partition coefficient (Wildman–Crippen LogP) is 1.24. The molecule has 1 saturated heterocycles. The number of amides is 5. The molecule has 2 rings (SSSR count). The molecule has 10 heteroatoms. The number of anilines is 1. The third-order valence-corrected chi connectivity index (χ3v) is 3.21. The quantitative estimate of drug-likeness (QED) is 0.506. The van der Waals surface area contributed by atoms with Gasteiger partial charge in [0.25, 0.3) is 0 Å². The van der Waals surface area contributed by atoms with Crippen LogP contribution in [0.3, 0.4) is 0 Å². The summed E-state index contributed by atoms with van der Waals surface area (Å²) in [6.07, 6.45) is 0. The van der Waals surface area contributed by atoms with Gasteiger partial charge in [-0.15, -0.1) is 0 Å². The molecule has 0 radical (unpaired) electrons. The van der Waals surface area contributed by atoms with E-state index >= 15 is 0 Å². The van der Waals surface area contributed by atoms with Crippen LogP contribution in [0.15, 0.2) is 12.1 Å². The second-order valence-corrected chi connectivity index (χ2v) is 5.21. The average molecular weight is 343 g/mol. The summed E-state index contributed by atoms with van der Waals surface area (Å²) in [6.45, 7) is 2.14. The first-order chi connectivity index (χ1) is 11.1. The molecule has 0 saturated carbocycles. The van der Waals surface area contributed by atoms with Gasteiger partial charge in [-0.25, -0.2) is 22.9 Å². The van der Waals surface area contributed by atoms with Crippen molar-refractivity contribution in [3.8, 4) is 0 Å². The zero-order chi connectivity index (χ0) is 18.2. The minimum absolute atomic E-state index is 0.384. The van der Waals surface area contributed by atoms with Gasteiger partial charge in [0.05, 0.1) is 5.69 Å². The monoisotopic (exact) mass is 343 g/mol. The lowest BCUT2D eigenvalue weighted by molar-refractivity contribution is -0.144. The highest BCUT2D eigenvalue weighted by Gasteiger charge is 2.46. The molecule has 0 bridgehead atoms. The van der Waals surface area contributed by atoms with Crippen molar-refractivity contribution < 1.29 is 32.3 Å². The van der Waals surface area contributed by atoms with Crippen LogP contribution in [0.5, 0.6) is 0 Å². The van der Waals surface area contributed by atoms with Gasteiger partial charge in [-0.1, -0.05) is 0 Å². The van der Waals surface area contributed by atoms with E-state index in [1.54, 1.807) is 0 Å². The molecular formula is C14H12F3N3O4. The molecule has 0 atom stereocenters. The van der Waals surface area contributed by atoms with E-state index in [0.717, 1.165) is 6.07 Å². The van der Waals surface area contributed by atoms with E-state index in [4.69, 9.17) is 0 Å². The van der Waals surface area contributed by atoms with Gasteiger partial charge in [-0.2, -0.15) is 0 Å². The molecule has 1 N–H and O–H groups in total. The molecule has 128 valence electrons. The standard InChI is InChI=1S/C14H12F3N3O4/c1-6(2)20-13(23)12(22)19(14(20)24)5-9(21)18-8-4-3-7(15)10(16)11(8)17/h3-4,6H,5H2,1-2H3,(H,18,21). The zero-order valence-corrected chi connectivity index (χ0v) is 12.6. The van der Waals surface area contributed by atoms with Crippen LogP contribution >= 0.6 is 0 Å². The summed E-state index contributed by atoms with van der Waals surface area (Å²) in [6, 6.07) is -0.193. The van der Waals surface area contributed by atoms with Gasteiger partial charge in [0.2, 0.25) is 5.91 Å². The number of nitrogens with one attached hydrogen (secondary N) is 1. The Morgan fingerprint density at radius 3 is 2.25 bits per heavy atom. The predicted molar refractivity (Wildman–Crippen MR) is 74.0 cm³/mol. The molecule has 1 aliphatic rings. The van der Waals surface area contributed by atoms with E-state index in [9.17, 15) is 32.3 Å². The van der Waals surface area contributed by atoms with Crippen LogP contribution in [0.4, 0.5) is 23.7 Å².